The molecule has 0 amide bonds. The smallest absolute Gasteiger partial charge is 0.0364 e. The predicted octanol–water partition coefficient (Wildman–Crippen LogP) is 8.69. The van der Waals surface area contributed by atoms with Crippen molar-refractivity contribution in [2.24, 2.45) is 0 Å². The Balaban J connectivity index is 1.90. The lowest BCUT2D eigenvalue weighted by atomic mass is 9.83. The number of thiophene rings is 1. The monoisotopic (exact) mass is 392 g/mol. The van der Waals surface area contributed by atoms with E-state index in [0.29, 0.717) is 0 Å². The second-order valence-corrected chi connectivity index (χ2v) is 9.74. The molecule has 1 aromatic heterocycles. The zero-order valence-corrected chi connectivity index (χ0v) is 17.9. The maximum absolute atomic E-state index is 2.42. The summed E-state index contributed by atoms with van der Waals surface area (Å²) in [6.07, 6.45) is 0. The quantitative estimate of drug-likeness (QED) is 0.282. The van der Waals surface area contributed by atoms with Gasteiger partial charge in [-0.2, -0.15) is 0 Å². The van der Waals surface area contributed by atoms with Gasteiger partial charge in [-0.05, 0) is 51.4 Å². The molecule has 0 saturated carbocycles. The Kier molecular flexibility index (Phi) is 4.29. The minimum Gasteiger partial charge on any atom is -0.135 e. The fraction of sp³-hybridized carbons (Fsp3) is 0.143. The van der Waals surface area contributed by atoms with Gasteiger partial charge in [-0.1, -0.05) is 93.6 Å². The first-order valence-electron chi connectivity index (χ1n) is 10.1. The molecule has 5 aromatic rings. The van der Waals surface area contributed by atoms with Crippen LogP contribution in [-0.2, 0) is 5.41 Å². The molecule has 0 nitrogen and oxygen atoms in total. The average Bonchev–Trinajstić information content (AvgIpc) is 3.12. The average molecular weight is 393 g/mol. The second-order valence-electron chi connectivity index (χ2n) is 8.66. The van der Waals surface area contributed by atoms with Crippen LogP contribution in [0.25, 0.3) is 42.4 Å². The molecule has 0 N–H and O–H groups in total. The van der Waals surface area contributed by atoms with Crippen molar-refractivity contribution in [3.8, 4) is 22.3 Å². The van der Waals surface area contributed by atoms with Gasteiger partial charge in [0, 0.05) is 20.2 Å². The topological polar surface area (TPSA) is 0 Å². The summed E-state index contributed by atoms with van der Waals surface area (Å²) in [5.41, 5.74) is 6.67. The van der Waals surface area contributed by atoms with Gasteiger partial charge >= 0.3 is 0 Å². The highest BCUT2D eigenvalue weighted by Crippen LogP contribution is 2.44. The Bertz CT molecular complexity index is 1320. The molecule has 0 aliphatic rings. The van der Waals surface area contributed by atoms with Gasteiger partial charge in [-0.3, -0.25) is 0 Å². The molecule has 1 heterocycles. The van der Waals surface area contributed by atoms with E-state index in [4.69, 9.17) is 0 Å². The van der Waals surface area contributed by atoms with Crippen LogP contribution >= 0.6 is 11.3 Å². The first-order valence-corrected chi connectivity index (χ1v) is 10.9. The summed E-state index contributed by atoms with van der Waals surface area (Å²) in [7, 11) is 0. The fourth-order valence-corrected chi connectivity index (χ4v) is 5.26. The Labute approximate surface area is 176 Å². The lowest BCUT2D eigenvalue weighted by Crippen LogP contribution is -2.11. The van der Waals surface area contributed by atoms with Crippen molar-refractivity contribution in [2.45, 2.75) is 26.2 Å². The van der Waals surface area contributed by atoms with Crippen LogP contribution < -0.4 is 0 Å². The minimum absolute atomic E-state index is 0.0980. The number of benzene rings is 4. The molecule has 142 valence electrons. The number of hydrogen-bond acceptors (Lipinski definition) is 1. The van der Waals surface area contributed by atoms with Crippen molar-refractivity contribution in [3.63, 3.8) is 0 Å². The third-order valence-corrected chi connectivity index (χ3v) is 6.76. The maximum Gasteiger partial charge on any atom is 0.0364 e. The molecule has 0 unspecified atom stereocenters. The van der Waals surface area contributed by atoms with Gasteiger partial charge in [0.2, 0.25) is 0 Å². The van der Waals surface area contributed by atoms with Crippen LogP contribution in [0.15, 0.2) is 91.0 Å². The van der Waals surface area contributed by atoms with Crippen LogP contribution in [0, 0.1) is 0 Å². The van der Waals surface area contributed by atoms with E-state index in [1.165, 1.54) is 48.0 Å². The van der Waals surface area contributed by atoms with E-state index in [0.717, 1.165) is 0 Å². The van der Waals surface area contributed by atoms with E-state index in [-0.39, 0.29) is 5.41 Å². The molecule has 29 heavy (non-hydrogen) atoms. The Morgan fingerprint density at radius 3 is 2.00 bits per heavy atom. The molecule has 0 radical (unpaired) electrons. The summed E-state index contributed by atoms with van der Waals surface area (Å²) in [6, 6.07) is 33.2. The normalized spacial score (nSPS) is 12.0. The number of hydrogen-bond donors (Lipinski definition) is 0. The van der Waals surface area contributed by atoms with Crippen molar-refractivity contribution in [1.82, 2.24) is 0 Å². The summed E-state index contributed by atoms with van der Waals surface area (Å²) in [4.78, 5) is 0. The standard InChI is InChI=1S/C28H24S/c1-28(2,3)20-17-24(27-23-15-9-10-16-25(23)29-26(27)18-20)22-14-8-7-13-21(22)19-11-5-4-6-12-19/h4-18H,1-3H3. The van der Waals surface area contributed by atoms with Gasteiger partial charge in [-0.15, -0.1) is 11.3 Å². The highest BCUT2D eigenvalue weighted by atomic mass is 32.1. The van der Waals surface area contributed by atoms with Gasteiger partial charge in [0.15, 0.2) is 0 Å². The molecule has 4 aromatic carbocycles. The Hall–Kier alpha value is -2.90. The molecule has 5 rings (SSSR count). The molecular formula is C28H24S. The molecule has 0 spiro atoms. The van der Waals surface area contributed by atoms with Crippen molar-refractivity contribution in [1.29, 1.82) is 0 Å². The summed E-state index contributed by atoms with van der Waals surface area (Å²) < 4.78 is 2.73. The molecule has 0 bridgehead atoms. The molecule has 1 heteroatoms. The summed E-state index contributed by atoms with van der Waals surface area (Å²) >= 11 is 1.90. The van der Waals surface area contributed by atoms with E-state index in [1.54, 1.807) is 0 Å². The van der Waals surface area contributed by atoms with Crippen LogP contribution in [0.5, 0.6) is 0 Å². The van der Waals surface area contributed by atoms with E-state index in [1.807, 2.05) is 11.3 Å². The predicted molar refractivity (Wildman–Crippen MR) is 129 cm³/mol. The molecule has 0 fully saturated rings. The first-order chi connectivity index (χ1) is 14.0. The summed E-state index contributed by atoms with van der Waals surface area (Å²) in [6.45, 7) is 6.90. The second kappa shape index (κ2) is 6.86. The first kappa shape index (κ1) is 18.1. The van der Waals surface area contributed by atoms with E-state index >= 15 is 0 Å². The van der Waals surface area contributed by atoms with Crippen molar-refractivity contribution in [3.05, 3.63) is 96.6 Å². The summed E-state index contributed by atoms with van der Waals surface area (Å²) in [5.74, 6) is 0. The molecule has 0 saturated heterocycles. The van der Waals surface area contributed by atoms with Crippen LogP contribution in [0.4, 0.5) is 0 Å². The lowest BCUT2D eigenvalue weighted by Gasteiger charge is -2.21. The Morgan fingerprint density at radius 1 is 0.586 bits per heavy atom. The number of rotatable bonds is 2. The van der Waals surface area contributed by atoms with Gasteiger partial charge in [0.05, 0.1) is 0 Å². The molecule has 0 aliphatic carbocycles. The molecule has 0 aliphatic heterocycles. The number of fused-ring (bicyclic) bond motifs is 3. The largest absolute Gasteiger partial charge is 0.135 e. The van der Waals surface area contributed by atoms with Gasteiger partial charge in [0.25, 0.3) is 0 Å². The maximum atomic E-state index is 2.42. The zero-order chi connectivity index (χ0) is 20.0. The lowest BCUT2D eigenvalue weighted by molar-refractivity contribution is 0.591. The SMILES string of the molecule is CC(C)(C)c1cc(-c2ccccc2-c2ccccc2)c2c(c1)sc1ccccc12. The van der Waals surface area contributed by atoms with E-state index in [2.05, 4.69) is 112 Å². The van der Waals surface area contributed by atoms with Crippen LogP contribution in [0.2, 0.25) is 0 Å². The molecule has 0 atom stereocenters. The van der Waals surface area contributed by atoms with Crippen molar-refractivity contribution >= 4 is 31.5 Å². The van der Waals surface area contributed by atoms with Crippen LogP contribution in [-0.4, -0.2) is 0 Å². The summed E-state index contributed by atoms with van der Waals surface area (Å²) in [5, 5.41) is 2.73. The van der Waals surface area contributed by atoms with Crippen LogP contribution in [0.1, 0.15) is 26.3 Å². The van der Waals surface area contributed by atoms with Crippen molar-refractivity contribution in [2.75, 3.05) is 0 Å². The highest BCUT2D eigenvalue weighted by molar-refractivity contribution is 7.26. The minimum atomic E-state index is 0.0980. The zero-order valence-electron chi connectivity index (χ0n) is 17.1. The Morgan fingerprint density at radius 2 is 1.24 bits per heavy atom. The highest BCUT2D eigenvalue weighted by Gasteiger charge is 2.20. The van der Waals surface area contributed by atoms with Gasteiger partial charge < -0.3 is 0 Å². The van der Waals surface area contributed by atoms with E-state index < -0.39 is 0 Å². The van der Waals surface area contributed by atoms with Gasteiger partial charge in [0.1, 0.15) is 0 Å². The third-order valence-electron chi connectivity index (χ3n) is 5.65. The van der Waals surface area contributed by atoms with E-state index in [9.17, 15) is 0 Å². The fourth-order valence-electron chi connectivity index (χ4n) is 4.09. The van der Waals surface area contributed by atoms with Gasteiger partial charge in [-0.25, -0.2) is 0 Å². The molecular weight excluding hydrogens is 368 g/mol. The van der Waals surface area contributed by atoms with Crippen LogP contribution in [0.3, 0.4) is 0 Å². The third kappa shape index (κ3) is 3.16. The van der Waals surface area contributed by atoms with Crippen molar-refractivity contribution < 1.29 is 0 Å².